The van der Waals surface area contributed by atoms with Crippen LogP contribution in [0, 0.1) is 0 Å². The third kappa shape index (κ3) is 7.35. The molecule has 0 bridgehead atoms. The summed E-state index contributed by atoms with van der Waals surface area (Å²) in [6, 6.07) is 9.41. The zero-order chi connectivity index (χ0) is 22.8. The van der Waals surface area contributed by atoms with Crippen molar-refractivity contribution in [2.75, 3.05) is 19.7 Å². The molecule has 2 heterocycles. The van der Waals surface area contributed by atoms with Crippen LogP contribution in [0.2, 0.25) is 0 Å². The first-order chi connectivity index (χ1) is 15.4. The second-order valence-electron chi connectivity index (χ2n) is 7.56. The van der Waals surface area contributed by atoms with E-state index in [0.29, 0.717) is 24.4 Å². The maximum Gasteiger partial charge on any atom is 0.331 e. The lowest BCUT2D eigenvalue weighted by atomic mass is 10.1. The number of esters is 1. The Morgan fingerprint density at radius 3 is 2.38 bits per heavy atom. The van der Waals surface area contributed by atoms with E-state index in [4.69, 9.17) is 9.15 Å². The highest BCUT2D eigenvalue weighted by Crippen LogP contribution is 2.13. The molecule has 0 aliphatic carbocycles. The summed E-state index contributed by atoms with van der Waals surface area (Å²) in [7, 11) is -3.69. The average Bonchev–Trinajstić information content (AvgIpc) is 3.29. The summed E-state index contributed by atoms with van der Waals surface area (Å²) >= 11 is 0. The minimum absolute atomic E-state index is 0.0545. The number of hydrogen-bond donors (Lipinski definition) is 1. The van der Waals surface area contributed by atoms with Crippen molar-refractivity contribution < 1.29 is 27.2 Å². The minimum atomic E-state index is -3.69. The lowest BCUT2D eigenvalue weighted by molar-refractivity contribution is -0.148. The molecule has 1 amide bonds. The number of hydrogen-bond acceptors (Lipinski definition) is 6. The molecular weight excluding hydrogens is 432 g/mol. The normalized spacial score (nSPS) is 15.3. The van der Waals surface area contributed by atoms with Crippen LogP contribution in [0.25, 0.3) is 6.08 Å². The van der Waals surface area contributed by atoms with Gasteiger partial charge in [-0.2, -0.15) is 0 Å². The van der Waals surface area contributed by atoms with Crippen molar-refractivity contribution in [2.45, 2.75) is 43.5 Å². The van der Waals surface area contributed by atoms with Gasteiger partial charge < -0.3 is 14.1 Å². The van der Waals surface area contributed by atoms with E-state index in [2.05, 4.69) is 4.72 Å². The fourth-order valence-electron chi connectivity index (χ4n) is 3.35. The van der Waals surface area contributed by atoms with Gasteiger partial charge in [-0.3, -0.25) is 4.79 Å². The van der Waals surface area contributed by atoms with Crippen LogP contribution in [0.4, 0.5) is 0 Å². The molecule has 1 saturated heterocycles. The van der Waals surface area contributed by atoms with Gasteiger partial charge in [0, 0.05) is 19.2 Å². The van der Waals surface area contributed by atoms with Crippen LogP contribution in [0.3, 0.4) is 0 Å². The SMILES string of the molecule is O=C(/C=C/c1ccc(S(=O)(=O)NCc2ccco2)cc1)OCC(=O)N1CCCCCCC1. The largest absolute Gasteiger partial charge is 0.468 e. The Morgan fingerprint density at radius 1 is 1.03 bits per heavy atom. The van der Waals surface area contributed by atoms with Crippen LogP contribution < -0.4 is 4.72 Å². The summed E-state index contributed by atoms with van der Waals surface area (Å²) in [5.41, 5.74) is 0.627. The summed E-state index contributed by atoms with van der Waals surface area (Å²) in [5, 5.41) is 0. The zero-order valence-corrected chi connectivity index (χ0v) is 18.7. The first kappa shape index (κ1) is 23.7. The van der Waals surface area contributed by atoms with Crippen molar-refractivity contribution in [1.29, 1.82) is 0 Å². The number of nitrogens with one attached hydrogen (secondary N) is 1. The number of furan rings is 1. The molecule has 172 valence electrons. The Hall–Kier alpha value is -2.91. The van der Waals surface area contributed by atoms with Gasteiger partial charge in [-0.25, -0.2) is 17.9 Å². The van der Waals surface area contributed by atoms with Gasteiger partial charge in [-0.15, -0.1) is 0 Å². The second kappa shape index (κ2) is 11.6. The van der Waals surface area contributed by atoms with Crippen LogP contribution in [-0.2, 0) is 30.9 Å². The Morgan fingerprint density at radius 2 is 1.72 bits per heavy atom. The molecule has 1 aliphatic rings. The topological polar surface area (TPSA) is 106 Å². The van der Waals surface area contributed by atoms with Gasteiger partial charge in [0.2, 0.25) is 10.0 Å². The third-order valence-electron chi connectivity index (χ3n) is 5.17. The van der Waals surface area contributed by atoms with Crippen LogP contribution >= 0.6 is 0 Å². The molecule has 1 N–H and O–H groups in total. The molecule has 1 aromatic heterocycles. The maximum absolute atomic E-state index is 12.3. The highest BCUT2D eigenvalue weighted by atomic mass is 32.2. The molecule has 0 radical (unpaired) electrons. The van der Waals surface area contributed by atoms with Crippen molar-refractivity contribution in [2.24, 2.45) is 0 Å². The number of sulfonamides is 1. The summed E-state index contributed by atoms with van der Waals surface area (Å²) in [6.07, 6.45) is 9.60. The number of likely N-dealkylation sites (tertiary alicyclic amines) is 1. The summed E-state index contributed by atoms with van der Waals surface area (Å²) in [4.78, 5) is 26.1. The van der Waals surface area contributed by atoms with Crippen molar-refractivity contribution in [3.8, 4) is 0 Å². The van der Waals surface area contributed by atoms with Crippen molar-refractivity contribution in [3.63, 3.8) is 0 Å². The summed E-state index contributed by atoms with van der Waals surface area (Å²) in [6.45, 7) is 1.19. The molecule has 9 heteroatoms. The molecule has 8 nitrogen and oxygen atoms in total. The van der Waals surface area contributed by atoms with Gasteiger partial charge in [0.25, 0.3) is 5.91 Å². The Labute approximate surface area is 188 Å². The number of benzene rings is 1. The van der Waals surface area contributed by atoms with Crippen molar-refractivity contribution in [1.82, 2.24) is 9.62 Å². The number of rotatable bonds is 8. The van der Waals surface area contributed by atoms with Gasteiger partial charge in [0.15, 0.2) is 6.61 Å². The first-order valence-corrected chi connectivity index (χ1v) is 12.2. The van der Waals surface area contributed by atoms with E-state index < -0.39 is 16.0 Å². The number of carbonyl (C=O) groups excluding carboxylic acids is 2. The van der Waals surface area contributed by atoms with E-state index in [1.807, 2.05) is 0 Å². The molecule has 0 spiro atoms. The Kier molecular flexibility index (Phi) is 8.64. The highest BCUT2D eigenvalue weighted by Gasteiger charge is 2.16. The van der Waals surface area contributed by atoms with E-state index in [1.54, 1.807) is 29.2 Å². The van der Waals surface area contributed by atoms with E-state index in [9.17, 15) is 18.0 Å². The molecule has 0 atom stereocenters. The number of nitrogens with zero attached hydrogens (tertiary/aromatic N) is 1. The predicted octanol–water partition coefficient (Wildman–Crippen LogP) is 3.11. The van der Waals surface area contributed by atoms with E-state index in [-0.39, 0.29) is 24.0 Å². The number of amides is 1. The lowest BCUT2D eigenvalue weighted by Gasteiger charge is -2.24. The summed E-state index contributed by atoms with van der Waals surface area (Å²) in [5.74, 6) is -0.288. The lowest BCUT2D eigenvalue weighted by Crippen LogP contribution is -2.36. The average molecular weight is 461 g/mol. The quantitative estimate of drug-likeness (QED) is 0.479. The standard InChI is InChI=1S/C23H28N2O6S/c26-22(25-14-4-2-1-3-5-15-25)18-31-23(27)13-10-19-8-11-21(12-9-19)32(28,29)24-17-20-7-6-16-30-20/h6-13,16,24H,1-5,14-15,17-18H2/b13-10+. The molecule has 3 rings (SSSR count). The van der Waals surface area contributed by atoms with Crippen molar-refractivity contribution in [3.05, 3.63) is 60.1 Å². The van der Waals surface area contributed by atoms with Crippen molar-refractivity contribution >= 4 is 28.0 Å². The molecular formula is C23H28N2O6S. The molecule has 32 heavy (non-hydrogen) atoms. The van der Waals surface area contributed by atoms with Gasteiger partial charge in [0.05, 0.1) is 17.7 Å². The monoisotopic (exact) mass is 460 g/mol. The maximum atomic E-state index is 12.3. The Balaban J connectivity index is 1.47. The summed E-state index contributed by atoms with van der Waals surface area (Å²) < 4.78 is 37.3. The molecule has 1 fully saturated rings. The van der Waals surface area contributed by atoms with Crippen LogP contribution in [0.1, 0.15) is 43.4 Å². The van der Waals surface area contributed by atoms with E-state index in [0.717, 1.165) is 25.7 Å². The van der Waals surface area contributed by atoms with E-state index in [1.165, 1.54) is 37.0 Å². The second-order valence-corrected chi connectivity index (χ2v) is 9.33. The van der Waals surface area contributed by atoms with Gasteiger partial charge in [-0.05, 0) is 48.7 Å². The highest BCUT2D eigenvalue weighted by molar-refractivity contribution is 7.89. The molecule has 0 saturated carbocycles. The fraction of sp³-hybridized carbons (Fsp3) is 0.391. The smallest absolute Gasteiger partial charge is 0.331 e. The third-order valence-corrected chi connectivity index (χ3v) is 6.58. The molecule has 1 aromatic carbocycles. The molecule has 2 aromatic rings. The van der Waals surface area contributed by atoms with E-state index >= 15 is 0 Å². The molecule has 1 aliphatic heterocycles. The minimum Gasteiger partial charge on any atom is -0.468 e. The Bertz CT molecular complexity index is 1010. The number of carbonyl (C=O) groups is 2. The van der Waals surface area contributed by atoms with Gasteiger partial charge in [0.1, 0.15) is 5.76 Å². The van der Waals surface area contributed by atoms with Crippen LogP contribution in [0.15, 0.2) is 58.1 Å². The predicted molar refractivity (Wildman–Crippen MR) is 119 cm³/mol. The van der Waals surface area contributed by atoms with Crippen LogP contribution in [-0.4, -0.2) is 44.9 Å². The zero-order valence-electron chi connectivity index (χ0n) is 17.9. The first-order valence-electron chi connectivity index (χ1n) is 10.7. The van der Waals surface area contributed by atoms with Crippen LogP contribution in [0.5, 0.6) is 0 Å². The molecule has 0 unspecified atom stereocenters. The number of ether oxygens (including phenoxy) is 1. The van der Waals surface area contributed by atoms with Gasteiger partial charge in [-0.1, -0.05) is 31.4 Å². The van der Waals surface area contributed by atoms with Gasteiger partial charge >= 0.3 is 5.97 Å². The fourth-order valence-corrected chi connectivity index (χ4v) is 4.35.